The highest BCUT2D eigenvalue weighted by Gasteiger charge is 2.06. The predicted octanol–water partition coefficient (Wildman–Crippen LogP) is 4.26. The van der Waals surface area contributed by atoms with Crippen molar-refractivity contribution < 1.29 is 0 Å². The SMILES string of the molecule is Clc1c(Br)ccc2cncc(I)c12. The summed E-state index contributed by atoms with van der Waals surface area (Å²) in [5, 5.41) is 2.89. The quantitative estimate of drug-likeness (QED) is 0.634. The fourth-order valence-electron chi connectivity index (χ4n) is 1.16. The van der Waals surface area contributed by atoms with E-state index in [1.165, 1.54) is 0 Å². The van der Waals surface area contributed by atoms with E-state index >= 15 is 0 Å². The molecule has 66 valence electrons. The summed E-state index contributed by atoms with van der Waals surface area (Å²) in [6.07, 6.45) is 3.62. The smallest absolute Gasteiger partial charge is 0.0638 e. The van der Waals surface area contributed by atoms with Gasteiger partial charge in [-0.25, -0.2) is 0 Å². The van der Waals surface area contributed by atoms with Gasteiger partial charge in [-0.05, 0) is 44.6 Å². The van der Waals surface area contributed by atoms with Crippen molar-refractivity contribution in [2.75, 3.05) is 0 Å². The molecule has 0 atom stereocenters. The van der Waals surface area contributed by atoms with Crippen LogP contribution in [0.1, 0.15) is 0 Å². The maximum Gasteiger partial charge on any atom is 0.0638 e. The minimum absolute atomic E-state index is 0.754. The topological polar surface area (TPSA) is 12.9 Å². The van der Waals surface area contributed by atoms with Crippen LogP contribution in [-0.2, 0) is 0 Å². The second-order valence-electron chi connectivity index (χ2n) is 2.58. The van der Waals surface area contributed by atoms with Gasteiger partial charge < -0.3 is 0 Å². The number of aromatic nitrogens is 1. The Morgan fingerprint density at radius 2 is 2.08 bits per heavy atom. The standard InChI is InChI=1S/C9H4BrClIN/c10-6-2-1-5-3-13-4-7(12)8(5)9(6)11/h1-4H. The van der Waals surface area contributed by atoms with Crippen LogP contribution in [0.5, 0.6) is 0 Å². The molecule has 0 aliphatic rings. The molecular weight excluding hydrogens is 364 g/mol. The van der Waals surface area contributed by atoms with E-state index < -0.39 is 0 Å². The van der Waals surface area contributed by atoms with Crippen molar-refractivity contribution in [2.24, 2.45) is 0 Å². The second kappa shape index (κ2) is 3.71. The molecule has 1 aromatic carbocycles. The van der Waals surface area contributed by atoms with Gasteiger partial charge in [-0.15, -0.1) is 0 Å². The highest BCUT2D eigenvalue weighted by Crippen LogP contribution is 2.33. The van der Waals surface area contributed by atoms with E-state index in [4.69, 9.17) is 11.6 Å². The average Bonchev–Trinajstić information content (AvgIpc) is 2.12. The minimum Gasteiger partial charge on any atom is -0.263 e. The van der Waals surface area contributed by atoms with Crippen molar-refractivity contribution in [3.63, 3.8) is 0 Å². The molecule has 0 aliphatic heterocycles. The van der Waals surface area contributed by atoms with Crippen LogP contribution in [0.25, 0.3) is 10.8 Å². The van der Waals surface area contributed by atoms with E-state index in [1.54, 1.807) is 6.20 Å². The third-order valence-corrected chi connectivity index (χ3v) is 3.87. The minimum atomic E-state index is 0.754. The lowest BCUT2D eigenvalue weighted by atomic mass is 10.2. The first-order valence-electron chi connectivity index (χ1n) is 3.57. The Morgan fingerprint density at radius 1 is 1.31 bits per heavy atom. The number of rotatable bonds is 0. The summed E-state index contributed by atoms with van der Waals surface area (Å²) in [6, 6.07) is 3.93. The van der Waals surface area contributed by atoms with Crippen LogP contribution in [-0.4, -0.2) is 4.98 Å². The van der Waals surface area contributed by atoms with Crippen LogP contribution in [0.15, 0.2) is 29.0 Å². The Bertz CT molecular complexity index is 472. The summed E-state index contributed by atoms with van der Waals surface area (Å²) in [5.41, 5.74) is 0. The molecule has 1 nitrogen and oxygen atoms in total. The van der Waals surface area contributed by atoms with Crippen molar-refractivity contribution in [3.8, 4) is 0 Å². The summed E-state index contributed by atoms with van der Waals surface area (Å²) >= 11 is 11.8. The maximum atomic E-state index is 6.15. The molecule has 0 unspecified atom stereocenters. The third kappa shape index (κ3) is 1.69. The first kappa shape index (κ1) is 9.68. The Morgan fingerprint density at radius 3 is 2.85 bits per heavy atom. The summed E-state index contributed by atoms with van der Waals surface area (Å²) in [7, 11) is 0. The first-order chi connectivity index (χ1) is 6.20. The number of hydrogen-bond acceptors (Lipinski definition) is 1. The number of pyridine rings is 1. The van der Waals surface area contributed by atoms with Gasteiger partial charge in [-0.2, -0.15) is 0 Å². The van der Waals surface area contributed by atoms with Crippen LogP contribution in [0.3, 0.4) is 0 Å². The summed E-state index contributed by atoms with van der Waals surface area (Å²) in [5.74, 6) is 0. The highest BCUT2D eigenvalue weighted by molar-refractivity contribution is 14.1. The van der Waals surface area contributed by atoms with Gasteiger partial charge in [0.05, 0.1) is 5.02 Å². The normalized spacial score (nSPS) is 10.7. The zero-order valence-electron chi connectivity index (χ0n) is 6.39. The molecule has 1 heterocycles. The monoisotopic (exact) mass is 367 g/mol. The van der Waals surface area contributed by atoms with Crippen LogP contribution in [0.2, 0.25) is 5.02 Å². The van der Waals surface area contributed by atoms with Gasteiger partial charge in [0.15, 0.2) is 0 Å². The molecule has 0 saturated heterocycles. The van der Waals surface area contributed by atoms with Crippen molar-refractivity contribution in [2.45, 2.75) is 0 Å². The van der Waals surface area contributed by atoms with Crippen molar-refractivity contribution >= 4 is 60.9 Å². The van der Waals surface area contributed by atoms with E-state index in [0.717, 1.165) is 23.8 Å². The summed E-state index contributed by atoms with van der Waals surface area (Å²) < 4.78 is 1.99. The Hall–Kier alpha value is 0.130. The number of fused-ring (bicyclic) bond motifs is 1. The molecule has 0 N–H and O–H groups in total. The average molecular weight is 368 g/mol. The van der Waals surface area contributed by atoms with E-state index in [1.807, 2.05) is 18.3 Å². The fourth-order valence-corrected chi connectivity index (χ4v) is 2.67. The van der Waals surface area contributed by atoms with Gasteiger partial charge in [0.1, 0.15) is 0 Å². The number of benzene rings is 1. The Kier molecular flexibility index (Phi) is 2.76. The largest absolute Gasteiger partial charge is 0.263 e. The van der Waals surface area contributed by atoms with Crippen molar-refractivity contribution in [1.82, 2.24) is 4.98 Å². The lowest BCUT2D eigenvalue weighted by molar-refractivity contribution is 1.34. The van der Waals surface area contributed by atoms with E-state index in [2.05, 4.69) is 43.5 Å². The van der Waals surface area contributed by atoms with Crippen LogP contribution in [0.4, 0.5) is 0 Å². The molecule has 0 radical (unpaired) electrons. The predicted molar refractivity (Wildman–Crippen MR) is 67.2 cm³/mol. The molecule has 2 rings (SSSR count). The van der Waals surface area contributed by atoms with Gasteiger partial charge in [-0.1, -0.05) is 17.7 Å². The summed E-state index contributed by atoms with van der Waals surface area (Å²) in [4.78, 5) is 4.10. The molecule has 0 bridgehead atoms. The van der Waals surface area contributed by atoms with Gasteiger partial charge in [0.25, 0.3) is 0 Å². The van der Waals surface area contributed by atoms with Gasteiger partial charge in [-0.3, -0.25) is 4.98 Å². The fraction of sp³-hybridized carbons (Fsp3) is 0. The molecule has 13 heavy (non-hydrogen) atoms. The van der Waals surface area contributed by atoms with Crippen molar-refractivity contribution in [3.05, 3.63) is 37.6 Å². The first-order valence-corrected chi connectivity index (χ1v) is 5.82. The molecule has 0 saturated carbocycles. The van der Waals surface area contributed by atoms with E-state index in [9.17, 15) is 0 Å². The zero-order chi connectivity index (χ0) is 9.42. The van der Waals surface area contributed by atoms with Crippen LogP contribution >= 0.6 is 50.1 Å². The third-order valence-electron chi connectivity index (χ3n) is 1.77. The highest BCUT2D eigenvalue weighted by atomic mass is 127. The van der Waals surface area contributed by atoms with Gasteiger partial charge in [0.2, 0.25) is 0 Å². The van der Waals surface area contributed by atoms with Crippen LogP contribution < -0.4 is 0 Å². The summed E-state index contributed by atoms with van der Waals surface area (Å²) in [6.45, 7) is 0. The molecule has 0 fully saturated rings. The van der Waals surface area contributed by atoms with Gasteiger partial charge in [0, 0.05) is 31.2 Å². The number of halogens is 3. The molecule has 0 aliphatic carbocycles. The molecule has 0 spiro atoms. The lowest BCUT2D eigenvalue weighted by Gasteiger charge is -2.03. The maximum absolute atomic E-state index is 6.15. The number of nitrogens with zero attached hydrogens (tertiary/aromatic N) is 1. The Balaban J connectivity index is 2.97. The molecule has 4 heteroatoms. The number of hydrogen-bond donors (Lipinski definition) is 0. The molecule has 0 amide bonds. The molecule has 2 aromatic rings. The Labute approximate surface area is 103 Å². The van der Waals surface area contributed by atoms with E-state index in [-0.39, 0.29) is 0 Å². The van der Waals surface area contributed by atoms with Crippen molar-refractivity contribution in [1.29, 1.82) is 0 Å². The van der Waals surface area contributed by atoms with E-state index in [0.29, 0.717) is 0 Å². The molecular formula is C9H4BrClIN. The van der Waals surface area contributed by atoms with Crippen LogP contribution in [0, 0.1) is 3.57 Å². The molecule has 1 aromatic heterocycles. The van der Waals surface area contributed by atoms with Gasteiger partial charge >= 0.3 is 0 Å². The zero-order valence-corrected chi connectivity index (χ0v) is 10.9. The second-order valence-corrected chi connectivity index (χ2v) is 4.98. The lowest BCUT2D eigenvalue weighted by Crippen LogP contribution is -1.82.